The molecule has 8 nitrogen and oxygen atoms in total. The number of nitrogens with zero attached hydrogens (tertiary/aromatic N) is 6. The van der Waals surface area contributed by atoms with Crippen molar-refractivity contribution >= 4 is 5.91 Å². The van der Waals surface area contributed by atoms with Gasteiger partial charge in [0.1, 0.15) is 17.4 Å². The molecule has 0 unspecified atom stereocenters. The lowest BCUT2D eigenvalue weighted by molar-refractivity contribution is -0.130. The number of hydrogen-bond acceptors (Lipinski definition) is 6. The van der Waals surface area contributed by atoms with Crippen LogP contribution in [-0.2, 0) is 24.2 Å². The summed E-state index contributed by atoms with van der Waals surface area (Å²) in [5.41, 5.74) is 1.71. The third-order valence-electron chi connectivity index (χ3n) is 5.99. The molecular weight excluding hydrogens is 344 g/mol. The number of rotatable bonds is 3. The first-order valence-corrected chi connectivity index (χ1v) is 9.86. The smallest absolute Gasteiger partial charge is 0.227 e. The number of hydrogen-bond donors (Lipinski definition) is 0. The van der Waals surface area contributed by atoms with Gasteiger partial charge in [0.2, 0.25) is 5.91 Å². The molecule has 0 N–H and O–H groups in total. The van der Waals surface area contributed by atoms with Gasteiger partial charge >= 0.3 is 0 Å². The number of likely N-dealkylation sites (tertiary alicyclic amines) is 1. The number of piperidine rings is 1. The largest absolute Gasteiger partial charge is 0.361 e. The molecule has 8 heteroatoms. The summed E-state index contributed by atoms with van der Waals surface area (Å²) < 4.78 is 7.44. The van der Waals surface area contributed by atoms with Gasteiger partial charge < -0.3 is 14.0 Å². The van der Waals surface area contributed by atoms with Crippen LogP contribution in [0.25, 0.3) is 0 Å². The van der Waals surface area contributed by atoms with Crippen LogP contribution in [0.15, 0.2) is 4.52 Å². The summed E-state index contributed by atoms with van der Waals surface area (Å²) in [5, 5.41) is 12.9. The van der Waals surface area contributed by atoms with Crippen molar-refractivity contribution in [2.24, 2.45) is 0 Å². The number of fused-ring (bicyclic) bond motifs is 1. The Hall–Kier alpha value is -2.22. The normalized spacial score (nSPS) is 21.1. The van der Waals surface area contributed by atoms with Gasteiger partial charge in [-0.05, 0) is 40.3 Å². The molecule has 2 aliphatic heterocycles. The van der Waals surface area contributed by atoms with Gasteiger partial charge in [0.25, 0.3) is 0 Å². The van der Waals surface area contributed by atoms with Crippen LogP contribution in [0.1, 0.15) is 54.0 Å². The van der Waals surface area contributed by atoms with E-state index in [-0.39, 0.29) is 5.91 Å². The van der Waals surface area contributed by atoms with Gasteiger partial charge in [-0.25, -0.2) is 0 Å². The molecule has 4 heterocycles. The second-order valence-corrected chi connectivity index (χ2v) is 7.73. The first-order chi connectivity index (χ1) is 13.0. The van der Waals surface area contributed by atoms with Gasteiger partial charge in [0.15, 0.2) is 0 Å². The van der Waals surface area contributed by atoms with Crippen molar-refractivity contribution in [2.75, 3.05) is 26.7 Å². The summed E-state index contributed by atoms with van der Waals surface area (Å²) in [6.45, 7) is 6.98. The molecule has 1 amide bonds. The summed E-state index contributed by atoms with van der Waals surface area (Å²) >= 11 is 0. The van der Waals surface area contributed by atoms with Gasteiger partial charge in [-0.2, -0.15) is 0 Å². The minimum atomic E-state index is 0.124. The Balaban J connectivity index is 1.46. The van der Waals surface area contributed by atoms with Gasteiger partial charge in [0, 0.05) is 31.6 Å². The molecule has 4 rings (SSSR count). The number of aryl methyl sites for hydroxylation is 2. The molecule has 2 aromatic heterocycles. The summed E-state index contributed by atoms with van der Waals surface area (Å²) in [7, 11) is 2.17. The van der Waals surface area contributed by atoms with Gasteiger partial charge in [0.05, 0.1) is 18.2 Å². The van der Waals surface area contributed by atoms with Crippen molar-refractivity contribution in [1.82, 2.24) is 29.7 Å². The van der Waals surface area contributed by atoms with Crippen molar-refractivity contribution in [2.45, 2.75) is 58.5 Å². The number of amides is 1. The molecule has 0 aliphatic carbocycles. The summed E-state index contributed by atoms with van der Waals surface area (Å²) in [5.74, 6) is 2.92. The van der Waals surface area contributed by atoms with Crippen molar-refractivity contribution < 1.29 is 9.32 Å². The Morgan fingerprint density at radius 2 is 2.00 bits per heavy atom. The molecule has 27 heavy (non-hydrogen) atoms. The maximum Gasteiger partial charge on any atom is 0.227 e. The molecule has 0 saturated carbocycles. The highest BCUT2D eigenvalue weighted by molar-refractivity contribution is 5.79. The SMILES string of the molecule is Cc1noc(C)c1CC(=O)N1CCc2nnc([C@@H]3CCCCN3C)n2CC1. The third-order valence-corrected chi connectivity index (χ3v) is 5.99. The molecule has 1 fully saturated rings. The van der Waals surface area contributed by atoms with E-state index in [1.807, 2.05) is 18.7 Å². The Morgan fingerprint density at radius 3 is 2.74 bits per heavy atom. The zero-order valence-corrected chi connectivity index (χ0v) is 16.4. The van der Waals surface area contributed by atoms with E-state index in [2.05, 4.69) is 31.9 Å². The van der Waals surface area contributed by atoms with Gasteiger partial charge in [-0.15, -0.1) is 10.2 Å². The lowest BCUT2D eigenvalue weighted by Crippen LogP contribution is -2.35. The fraction of sp³-hybridized carbons (Fsp3) is 0.684. The van der Waals surface area contributed by atoms with Crippen molar-refractivity contribution in [3.63, 3.8) is 0 Å². The highest BCUT2D eigenvalue weighted by atomic mass is 16.5. The summed E-state index contributed by atoms with van der Waals surface area (Å²) in [4.78, 5) is 17.2. The van der Waals surface area contributed by atoms with E-state index in [1.54, 1.807) is 0 Å². The number of carbonyl (C=O) groups is 1. The predicted octanol–water partition coefficient (Wildman–Crippen LogP) is 1.67. The average molecular weight is 372 g/mol. The van der Waals surface area contributed by atoms with Crippen molar-refractivity contribution in [3.05, 3.63) is 28.7 Å². The Bertz CT molecular complexity index is 807. The second-order valence-electron chi connectivity index (χ2n) is 7.73. The molecule has 1 saturated heterocycles. The fourth-order valence-corrected chi connectivity index (χ4v) is 4.26. The third kappa shape index (κ3) is 3.50. The van der Waals surface area contributed by atoms with Gasteiger partial charge in [-0.1, -0.05) is 11.6 Å². The van der Waals surface area contributed by atoms with Crippen LogP contribution in [0, 0.1) is 13.8 Å². The predicted molar refractivity (Wildman–Crippen MR) is 99.2 cm³/mol. The molecule has 0 radical (unpaired) electrons. The Morgan fingerprint density at radius 1 is 1.15 bits per heavy atom. The first-order valence-electron chi connectivity index (χ1n) is 9.86. The lowest BCUT2D eigenvalue weighted by Gasteiger charge is -2.32. The molecule has 0 aromatic carbocycles. The molecule has 0 spiro atoms. The zero-order chi connectivity index (χ0) is 19.0. The maximum atomic E-state index is 12.8. The first kappa shape index (κ1) is 18.2. The van der Waals surface area contributed by atoms with Crippen LogP contribution < -0.4 is 0 Å². The van der Waals surface area contributed by atoms with E-state index in [9.17, 15) is 4.79 Å². The summed E-state index contributed by atoms with van der Waals surface area (Å²) in [6.07, 6.45) is 4.71. The van der Waals surface area contributed by atoms with E-state index < -0.39 is 0 Å². The number of aromatic nitrogens is 4. The zero-order valence-electron chi connectivity index (χ0n) is 16.4. The van der Waals surface area contributed by atoms with Crippen LogP contribution in [0.2, 0.25) is 0 Å². The average Bonchev–Trinajstić information content (AvgIpc) is 3.12. The molecule has 0 bridgehead atoms. The van der Waals surface area contributed by atoms with E-state index >= 15 is 0 Å². The molecule has 146 valence electrons. The maximum absolute atomic E-state index is 12.8. The van der Waals surface area contributed by atoms with E-state index in [0.29, 0.717) is 25.6 Å². The van der Waals surface area contributed by atoms with Crippen molar-refractivity contribution in [3.8, 4) is 0 Å². The molecular formula is C19H28N6O2. The molecule has 1 atom stereocenters. The monoisotopic (exact) mass is 372 g/mol. The minimum absolute atomic E-state index is 0.124. The topological polar surface area (TPSA) is 80.3 Å². The highest BCUT2D eigenvalue weighted by Gasteiger charge is 2.29. The standard InChI is InChI=1S/C19H28N6O2/c1-13-15(14(2)27-22-13)12-18(26)24-9-7-17-20-21-19(25(17)11-10-24)16-6-4-5-8-23(16)3/h16H,4-12H2,1-3H3/t16-/m0/s1. The van der Waals surface area contributed by atoms with Crippen LogP contribution >= 0.6 is 0 Å². The highest BCUT2D eigenvalue weighted by Crippen LogP contribution is 2.29. The van der Waals surface area contributed by atoms with E-state index in [4.69, 9.17) is 4.52 Å². The molecule has 2 aliphatic rings. The fourth-order valence-electron chi connectivity index (χ4n) is 4.26. The van der Waals surface area contributed by atoms with Crippen LogP contribution in [0.4, 0.5) is 0 Å². The van der Waals surface area contributed by atoms with E-state index in [1.165, 1.54) is 12.8 Å². The van der Waals surface area contributed by atoms with Crippen LogP contribution in [0.3, 0.4) is 0 Å². The quantitative estimate of drug-likeness (QED) is 0.815. The van der Waals surface area contributed by atoms with Crippen LogP contribution in [-0.4, -0.2) is 62.3 Å². The second kappa shape index (κ2) is 7.42. The van der Waals surface area contributed by atoms with Gasteiger partial charge in [-0.3, -0.25) is 9.69 Å². The Kier molecular flexibility index (Phi) is 4.99. The Labute approximate surface area is 159 Å². The minimum Gasteiger partial charge on any atom is -0.361 e. The van der Waals surface area contributed by atoms with Crippen LogP contribution in [0.5, 0.6) is 0 Å². The molecule has 2 aromatic rings. The number of carbonyl (C=O) groups excluding carboxylic acids is 1. The summed E-state index contributed by atoms with van der Waals surface area (Å²) in [6, 6.07) is 0.338. The lowest BCUT2D eigenvalue weighted by atomic mass is 10.0. The van der Waals surface area contributed by atoms with E-state index in [0.717, 1.165) is 54.6 Å². The van der Waals surface area contributed by atoms with Crippen molar-refractivity contribution in [1.29, 1.82) is 0 Å².